The maximum absolute atomic E-state index is 13.7. The molecule has 0 aliphatic rings. The summed E-state index contributed by atoms with van der Waals surface area (Å²) in [6.45, 7) is 5.60. The molecule has 0 saturated carbocycles. The minimum absolute atomic E-state index is 0.126. The number of benzene rings is 1. The van der Waals surface area contributed by atoms with Gasteiger partial charge in [0, 0.05) is 12.7 Å². The zero-order valence-corrected chi connectivity index (χ0v) is 12.9. The van der Waals surface area contributed by atoms with Gasteiger partial charge >= 0.3 is 0 Å². The molecule has 0 fully saturated rings. The Balaban J connectivity index is 2.12. The topological polar surface area (TPSA) is 34.2 Å². The Kier molecular flexibility index (Phi) is 5.53. The fourth-order valence-corrected chi connectivity index (χ4v) is 2.07. The molecule has 0 aliphatic carbocycles. The van der Waals surface area contributed by atoms with Gasteiger partial charge in [-0.1, -0.05) is 24.6 Å². The van der Waals surface area contributed by atoms with E-state index < -0.39 is 5.82 Å². The summed E-state index contributed by atoms with van der Waals surface area (Å²) in [5.41, 5.74) is 1.87. The van der Waals surface area contributed by atoms with Crippen molar-refractivity contribution in [1.82, 2.24) is 10.3 Å². The van der Waals surface area contributed by atoms with Gasteiger partial charge in [0.2, 0.25) is 5.88 Å². The third kappa shape index (κ3) is 4.41. The molecular weight excluding hydrogens is 291 g/mol. The van der Waals surface area contributed by atoms with E-state index in [1.807, 2.05) is 6.92 Å². The second-order valence-corrected chi connectivity index (χ2v) is 5.25. The van der Waals surface area contributed by atoms with Crippen molar-refractivity contribution in [1.29, 1.82) is 0 Å². The Morgan fingerprint density at radius 2 is 2.14 bits per heavy atom. The van der Waals surface area contributed by atoms with Crippen LogP contribution in [-0.4, -0.2) is 11.5 Å². The Hall–Kier alpha value is -1.65. The highest BCUT2D eigenvalue weighted by Gasteiger charge is 2.10. The Labute approximate surface area is 129 Å². The van der Waals surface area contributed by atoms with Crippen LogP contribution in [0, 0.1) is 12.7 Å². The van der Waals surface area contributed by atoms with Crippen LogP contribution in [0.2, 0.25) is 5.02 Å². The maximum Gasteiger partial charge on any atom is 0.238 e. The van der Waals surface area contributed by atoms with Crippen molar-refractivity contribution < 1.29 is 9.13 Å². The fraction of sp³-hybridized carbons (Fsp3) is 0.312. The first kappa shape index (κ1) is 15.7. The second kappa shape index (κ2) is 7.38. The Bertz CT molecular complexity index is 619. The molecular formula is C16H18ClFN2O. The highest BCUT2D eigenvalue weighted by molar-refractivity contribution is 6.31. The molecule has 1 heterocycles. The molecule has 0 spiro atoms. The molecule has 1 aromatic heterocycles. The smallest absolute Gasteiger partial charge is 0.238 e. The minimum Gasteiger partial charge on any atom is -0.434 e. The van der Waals surface area contributed by atoms with Crippen LogP contribution in [0.3, 0.4) is 0 Å². The van der Waals surface area contributed by atoms with Crippen molar-refractivity contribution in [2.45, 2.75) is 26.8 Å². The molecule has 0 atom stereocenters. The van der Waals surface area contributed by atoms with Crippen molar-refractivity contribution >= 4 is 11.6 Å². The summed E-state index contributed by atoms with van der Waals surface area (Å²) < 4.78 is 19.1. The number of nitrogens with zero attached hydrogens (tertiary/aromatic N) is 1. The minimum atomic E-state index is -0.438. The summed E-state index contributed by atoms with van der Waals surface area (Å²) in [5, 5.41) is 3.63. The number of aromatic nitrogens is 1. The lowest BCUT2D eigenvalue weighted by Crippen LogP contribution is -2.13. The SMILES string of the molecule is CCCNCc1cnc(Oc2cc(C)ccc2F)c(Cl)c1. The molecule has 0 radical (unpaired) electrons. The first-order chi connectivity index (χ1) is 10.1. The fourth-order valence-electron chi connectivity index (χ4n) is 1.84. The molecule has 0 bridgehead atoms. The first-order valence-electron chi connectivity index (χ1n) is 6.89. The molecule has 2 aromatic rings. The summed E-state index contributed by atoms with van der Waals surface area (Å²) in [6, 6.07) is 6.44. The van der Waals surface area contributed by atoms with E-state index in [2.05, 4.69) is 17.2 Å². The van der Waals surface area contributed by atoms with E-state index in [9.17, 15) is 4.39 Å². The van der Waals surface area contributed by atoms with Crippen LogP contribution in [0.15, 0.2) is 30.5 Å². The molecule has 1 N–H and O–H groups in total. The standard InChI is InChI=1S/C16H18ClFN2O/c1-3-6-19-9-12-8-13(17)16(20-10-12)21-15-7-11(2)4-5-14(15)18/h4-5,7-8,10,19H,3,6,9H2,1-2H3. The third-order valence-electron chi connectivity index (χ3n) is 2.91. The molecule has 112 valence electrons. The molecule has 5 heteroatoms. The van der Waals surface area contributed by atoms with Crippen molar-refractivity contribution in [3.8, 4) is 11.6 Å². The van der Waals surface area contributed by atoms with Crippen molar-refractivity contribution in [3.63, 3.8) is 0 Å². The van der Waals surface area contributed by atoms with Gasteiger partial charge in [0.25, 0.3) is 0 Å². The van der Waals surface area contributed by atoms with Crippen LogP contribution < -0.4 is 10.1 Å². The van der Waals surface area contributed by atoms with E-state index in [1.165, 1.54) is 6.07 Å². The summed E-state index contributed by atoms with van der Waals surface area (Å²) in [7, 11) is 0. The Morgan fingerprint density at radius 3 is 2.86 bits per heavy atom. The van der Waals surface area contributed by atoms with Gasteiger partial charge in [-0.05, 0) is 49.2 Å². The van der Waals surface area contributed by atoms with Gasteiger partial charge in [0.15, 0.2) is 11.6 Å². The molecule has 3 nitrogen and oxygen atoms in total. The number of halogens is 2. The van der Waals surface area contributed by atoms with Gasteiger partial charge < -0.3 is 10.1 Å². The van der Waals surface area contributed by atoms with Crippen molar-refractivity contribution in [2.75, 3.05) is 6.54 Å². The summed E-state index contributed by atoms with van der Waals surface area (Å²) in [4.78, 5) is 4.16. The number of pyridine rings is 1. The highest BCUT2D eigenvalue weighted by Crippen LogP contribution is 2.29. The number of hydrogen-bond acceptors (Lipinski definition) is 3. The van der Waals surface area contributed by atoms with Crippen LogP contribution in [0.1, 0.15) is 24.5 Å². The van der Waals surface area contributed by atoms with E-state index in [4.69, 9.17) is 16.3 Å². The first-order valence-corrected chi connectivity index (χ1v) is 7.27. The normalized spacial score (nSPS) is 10.7. The molecule has 0 saturated heterocycles. The summed E-state index contributed by atoms with van der Waals surface area (Å²) in [5.74, 6) is -0.103. The predicted molar refractivity (Wildman–Crippen MR) is 82.5 cm³/mol. The number of rotatable bonds is 6. The van der Waals surface area contributed by atoms with E-state index in [0.717, 1.165) is 24.1 Å². The van der Waals surface area contributed by atoms with Gasteiger partial charge in [0.1, 0.15) is 5.02 Å². The van der Waals surface area contributed by atoms with E-state index >= 15 is 0 Å². The molecule has 0 aliphatic heterocycles. The van der Waals surface area contributed by atoms with Crippen molar-refractivity contribution in [3.05, 3.63) is 52.4 Å². The largest absolute Gasteiger partial charge is 0.434 e. The van der Waals surface area contributed by atoms with Crippen LogP contribution in [-0.2, 0) is 6.54 Å². The molecule has 2 rings (SSSR count). The zero-order valence-electron chi connectivity index (χ0n) is 12.1. The quantitative estimate of drug-likeness (QED) is 0.799. The number of hydrogen-bond donors (Lipinski definition) is 1. The van der Waals surface area contributed by atoms with Crippen LogP contribution in [0.4, 0.5) is 4.39 Å². The van der Waals surface area contributed by atoms with E-state index in [-0.39, 0.29) is 11.6 Å². The van der Waals surface area contributed by atoms with E-state index in [0.29, 0.717) is 11.6 Å². The van der Waals surface area contributed by atoms with Gasteiger partial charge in [-0.25, -0.2) is 9.37 Å². The van der Waals surface area contributed by atoms with Gasteiger partial charge in [0.05, 0.1) is 0 Å². The van der Waals surface area contributed by atoms with Gasteiger partial charge in [-0.2, -0.15) is 0 Å². The number of aryl methyl sites for hydroxylation is 1. The molecule has 0 amide bonds. The zero-order chi connectivity index (χ0) is 15.2. The lowest BCUT2D eigenvalue weighted by molar-refractivity contribution is 0.427. The van der Waals surface area contributed by atoms with Crippen molar-refractivity contribution in [2.24, 2.45) is 0 Å². The number of ether oxygens (including phenoxy) is 1. The van der Waals surface area contributed by atoms with Crippen LogP contribution in [0.5, 0.6) is 11.6 Å². The van der Waals surface area contributed by atoms with Gasteiger partial charge in [-0.15, -0.1) is 0 Å². The Morgan fingerprint density at radius 1 is 1.33 bits per heavy atom. The monoisotopic (exact) mass is 308 g/mol. The second-order valence-electron chi connectivity index (χ2n) is 4.84. The highest BCUT2D eigenvalue weighted by atomic mass is 35.5. The third-order valence-corrected chi connectivity index (χ3v) is 3.18. The lowest BCUT2D eigenvalue weighted by atomic mass is 10.2. The van der Waals surface area contributed by atoms with Crippen LogP contribution >= 0.6 is 11.6 Å². The maximum atomic E-state index is 13.7. The van der Waals surface area contributed by atoms with Crippen LogP contribution in [0.25, 0.3) is 0 Å². The van der Waals surface area contributed by atoms with Gasteiger partial charge in [-0.3, -0.25) is 0 Å². The summed E-state index contributed by atoms with van der Waals surface area (Å²) in [6.07, 6.45) is 2.74. The predicted octanol–water partition coefficient (Wildman–Crippen LogP) is 4.47. The van der Waals surface area contributed by atoms with E-state index in [1.54, 1.807) is 24.4 Å². The molecule has 1 aromatic carbocycles. The summed E-state index contributed by atoms with van der Waals surface area (Å²) >= 11 is 6.15. The average Bonchev–Trinajstić information content (AvgIpc) is 2.46. The average molecular weight is 309 g/mol. The lowest BCUT2D eigenvalue weighted by Gasteiger charge is -2.10. The molecule has 0 unspecified atom stereocenters. The number of nitrogens with one attached hydrogen (secondary N) is 1. The molecule has 21 heavy (non-hydrogen) atoms.